The molecule has 3 heterocycles. The van der Waals surface area contributed by atoms with E-state index in [0.29, 0.717) is 36.5 Å². The van der Waals surface area contributed by atoms with E-state index in [-0.39, 0.29) is 30.2 Å². The molecule has 1 unspecified atom stereocenters. The average molecular weight is 460 g/mol. The van der Waals surface area contributed by atoms with Crippen LogP contribution in [0, 0.1) is 11.7 Å². The van der Waals surface area contributed by atoms with Crippen molar-refractivity contribution in [2.75, 3.05) is 28.6 Å². The zero-order chi connectivity index (χ0) is 22.0. The fourth-order valence-electron chi connectivity index (χ4n) is 3.39. The molecule has 0 bridgehead atoms. The summed E-state index contributed by atoms with van der Waals surface area (Å²) in [5.41, 5.74) is 0.190. The van der Waals surface area contributed by atoms with E-state index in [0.717, 1.165) is 5.56 Å². The lowest BCUT2D eigenvalue weighted by atomic mass is 9.83. The smallest absolute Gasteiger partial charge is 0.227 e. The first-order chi connectivity index (χ1) is 14.8. The summed E-state index contributed by atoms with van der Waals surface area (Å²) < 4.78 is 13.3. The van der Waals surface area contributed by atoms with Gasteiger partial charge in [0.25, 0.3) is 0 Å². The average Bonchev–Trinajstić information content (AvgIpc) is 2.72. The maximum absolute atomic E-state index is 13.3. The van der Waals surface area contributed by atoms with E-state index in [2.05, 4.69) is 30.6 Å². The van der Waals surface area contributed by atoms with E-state index < -0.39 is 5.60 Å². The van der Waals surface area contributed by atoms with Gasteiger partial charge in [-0.25, -0.2) is 9.37 Å². The highest BCUT2D eigenvalue weighted by Crippen LogP contribution is 2.33. The van der Waals surface area contributed by atoms with Crippen molar-refractivity contribution in [3.05, 3.63) is 60.3 Å². The van der Waals surface area contributed by atoms with Crippen molar-refractivity contribution < 1.29 is 9.50 Å². The van der Waals surface area contributed by atoms with E-state index in [1.807, 2.05) is 31.7 Å². The van der Waals surface area contributed by atoms with Crippen LogP contribution in [-0.4, -0.2) is 43.7 Å². The lowest BCUT2D eigenvalue weighted by Crippen LogP contribution is -2.65. The molecule has 0 amide bonds. The van der Waals surface area contributed by atoms with Crippen LogP contribution in [0.25, 0.3) is 0 Å². The highest BCUT2D eigenvalue weighted by atomic mass is 35.5. The van der Waals surface area contributed by atoms with Crippen LogP contribution in [0.15, 0.2) is 48.9 Å². The Balaban J connectivity index is 0.00000289. The second kappa shape index (κ2) is 9.62. The maximum atomic E-state index is 13.3. The zero-order valence-electron chi connectivity index (χ0n) is 18.2. The molecule has 0 saturated carbocycles. The fourth-order valence-corrected chi connectivity index (χ4v) is 3.39. The molecule has 1 saturated heterocycles. The second-order valence-electron chi connectivity index (χ2n) is 8.18. The zero-order valence-corrected chi connectivity index (χ0v) is 19.0. The van der Waals surface area contributed by atoms with Gasteiger partial charge in [0, 0.05) is 18.5 Å². The summed E-state index contributed by atoms with van der Waals surface area (Å²) in [6.45, 7) is 6.98. The standard InChI is InChI=1S/C22H26FN7O.ClH/c1-14(2)22(31)12-30(13-22)20-10-18(27-19-11-24-8-9-25-19)28-21(29-20)26-15(3)16-4-6-17(23)7-5-16;/h4-11,14-15,31H,12-13H2,1-3H3,(H2,25,26,27,28,29);1H. The topological polar surface area (TPSA) is 99.1 Å². The quantitative estimate of drug-likeness (QED) is 0.488. The first-order valence-electron chi connectivity index (χ1n) is 10.2. The van der Waals surface area contributed by atoms with E-state index in [4.69, 9.17) is 0 Å². The van der Waals surface area contributed by atoms with Gasteiger partial charge in [0.1, 0.15) is 28.9 Å². The highest BCUT2D eigenvalue weighted by Gasteiger charge is 2.44. The molecule has 170 valence electrons. The first-order valence-corrected chi connectivity index (χ1v) is 10.2. The summed E-state index contributed by atoms with van der Waals surface area (Å²) in [5.74, 6) is 2.10. The van der Waals surface area contributed by atoms with Gasteiger partial charge in [0.2, 0.25) is 5.95 Å². The number of hydrogen-bond donors (Lipinski definition) is 3. The van der Waals surface area contributed by atoms with Gasteiger partial charge in [-0.05, 0) is 30.5 Å². The van der Waals surface area contributed by atoms with Gasteiger partial charge in [0.15, 0.2) is 0 Å². The van der Waals surface area contributed by atoms with Gasteiger partial charge in [0.05, 0.1) is 25.3 Å². The number of β-amino-alcohol motifs (C(OH)–C–C–N with tert-alkyl or cyclic N) is 1. The summed E-state index contributed by atoms with van der Waals surface area (Å²) in [7, 11) is 0. The van der Waals surface area contributed by atoms with Crippen LogP contribution in [-0.2, 0) is 0 Å². The monoisotopic (exact) mass is 459 g/mol. The minimum Gasteiger partial charge on any atom is -0.386 e. The third kappa shape index (κ3) is 5.23. The molecule has 1 aliphatic rings. The minimum atomic E-state index is -0.724. The van der Waals surface area contributed by atoms with Crippen LogP contribution in [0.3, 0.4) is 0 Å². The van der Waals surface area contributed by atoms with Gasteiger partial charge in [-0.3, -0.25) is 4.98 Å². The van der Waals surface area contributed by atoms with E-state index in [1.165, 1.54) is 12.1 Å². The number of aliphatic hydroxyl groups is 1. The van der Waals surface area contributed by atoms with Gasteiger partial charge in [-0.1, -0.05) is 26.0 Å². The molecule has 10 heteroatoms. The van der Waals surface area contributed by atoms with Crippen LogP contribution < -0.4 is 15.5 Å². The van der Waals surface area contributed by atoms with Crippen molar-refractivity contribution in [1.82, 2.24) is 19.9 Å². The van der Waals surface area contributed by atoms with Crippen LogP contribution in [0.1, 0.15) is 32.4 Å². The predicted molar refractivity (Wildman–Crippen MR) is 125 cm³/mol. The van der Waals surface area contributed by atoms with Gasteiger partial charge < -0.3 is 20.6 Å². The number of anilines is 4. The molecule has 32 heavy (non-hydrogen) atoms. The summed E-state index contributed by atoms with van der Waals surface area (Å²) in [5, 5.41) is 17.1. The van der Waals surface area contributed by atoms with Crippen LogP contribution >= 0.6 is 12.4 Å². The summed E-state index contributed by atoms with van der Waals surface area (Å²) >= 11 is 0. The molecule has 0 aliphatic carbocycles. The van der Waals surface area contributed by atoms with Crippen molar-refractivity contribution in [2.24, 2.45) is 5.92 Å². The van der Waals surface area contributed by atoms with Crippen molar-refractivity contribution in [3.63, 3.8) is 0 Å². The molecule has 0 spiro atoms. The molecular weight excluding hydrogens is 433 g/mol. The largest absolute Gasteiger partial charge is 0.386 e. The number of benzene rings is 1. The minimum absolute atomic E-state index is 0. The molecular formula is C22H27ClFN7O. The van der Waals surface area contributed by atoms with Crippen molar-refractivity contribution in [3.8, 4) is 0 Å². The van der Waals surface area contributed by atoms with Crippen LogP contribution in [0.4, 0.5) is 27.8 Å². The summed E-state index contributed by atoms with van der Waals surface area (Å²) in [6.07, 6.45) is 4.80. The lowest BCUT2D eigenvalue weighted by Gasteiger charge is -2.49. The van der Waals surface area contributed by atoms with Gasteiger partial charge in [-0.2, -0.15) is 9.97 Å². The van der Waals surface area contributed by atoms with E-state index in [1.54, 1.807) is 30.7 Å². The van der Waals surface area contributed by atoms with Crippen LogP contribution in [0.5, 0.6) is 0 Å². The Labute approximate surface area is 192 Å². The lowest BCUT2D eigenvalue weighted by molar-refractivity contribution is -0.0304. The van der Waals surface area contributed by atoms with Gasteiger partial charge in [-0.15, -0.1) is 12.4 Å². The molecule has 1 atom stereocenters. The van der Waals surface area contributed by atoms with Crippen molar-refractivity contribution in [1.29, 1.82) is 0 Å². The third-order valence-electron chi connectivity index (χ3n) is 5.58. The van der Waals surface area contributed by atoms with Crippen LogP contribution in [0.2, 0.25) is 0 Å². The number of halogens is 2. The third-order valence-corrected chi connectivity index (χ3v) is 5.58. The second-order valence-corrected chi connectivity index (χ2v) is 8.18. The Bertz CT molecular complexity index is 1030. The van der Waals surface area contributed by atoms with E-state index in [9.17, 15) is 9.50 Å². The number of nitrogens with one attached hydrogen (secondary N) is 2. The summed E-state index contributed by atoms with van der Waals surface area (Å²) in [6, 6.07) is 8.01. The molecule has 4 rings (SSSR count). The van der Waals surface area contributed by atoms with Gasteiger partial charge >= 0.3 is 0 Å². The first kappa shape index (κ1) is 23.6. The normalized spacial score (nSPS) is 15.5. The molecule has 1 aromatic carbocycles. The molecule has 8 nitrogen and oxygen atoms in total. The Hall–Kier alpha value is -3.04. The number of rotatable bonds is 7. The summed E-state index contributed by atoms with van der Waals surface area (Å²) in [4.78, 5) is 19.5. The Morgan fingerprint density at radius 2 is 1.78 bits per heavy atom. The fraction of sp³-hybridized carbons (Fsp3) is 0.364. The van der Waals surface area contributed by atoms with Crippen molar-refractivity contribution in [2.45, 2.75) is 32.4 Å². The number of nitrogens with zero attached hydrogens (tertiary/aromatic N) is 5. The Kier molecular flexibility index (Phi) is 7.10. The molecule has 1 aliphatic heterocycles. The number of hydrogen-bond acceptors (Lipinski definition) is 8. The molecule has 3 N–H and O–H groups in total. The number of aromatic nitrogens is 4. The maximum Gasteiger partial charge on any atom is 0.227 e. The highest BCUT2D eigenvalue weighted by molar-refractivity contribution is 5.85. The van der Waals surface area contributed by atoms with Crippen molar-refractivity contribution >= 4 is 35.8 Å². The Morgan fingerprint density at radius 3 is 2.41 bits per heavy atom. The Morgan fingerprint density at radius 1 is 1.06 bits per heavy atom. The predicted octanol–water partition coefficient (Wildman–Crippen LogP) is 3.95. The molecule has 1 fully saturated rings. The molecule has 2 aromatic heterocycles. The molecule has 0 radical (unpaired) electrons. The molecule has 3 aromatic rings. The van der Waals surface area contributed by atoms with E-state index >= 15 is 0 Å². The SMILES string of the molecule is CC(Nc1nc(Nc2cnccn2)cc(N2CC(O)(C(C)C)C2)n1)c1ccc(F)cc1.Cl.